The number of hydrogen-bond donors (Lipinski definition) is 1. The number of benzene rings is 1. The summed E-state index contributed by atoms with van der Waals surface area (Å²) in [7, 11) is 1.28. The first-order chi connectivity index (χ1) is 11.8. The van der Waals surface area contributed by atoms with Crippen molar-refractivity contribution in [3.05, 3.63) is 66.6 Å². The zero-order valence-electron chi connectivity index (χ0n) is 13.0. The second kappa shape index (κ2) is 7.19. The average molecular weight is 321 g/mol. The van der Waals surface area contributed by atoms with Crippen LogP contribution in [0.15, 0.2) is 66.2 Å². The van der Waals surface area contributed by atoms with Gasteiger partial charge in [-0.15, -0.1) is 0 Å². The van der Waals surface area contributed by atoms with Crippen LogP contribution in [0.4, 0.5) is 4.79 Å². The van der Waals surface area contributed by atoms with E-state index in [2.05, 4.69) is 25.3 Å². The first-order valence-electron chi connectivity index (χ1n) is 7.20. The largest absolute Gasteiger partial charge is 0.452 e. The molecule has 0 unspecified atom stereocenters. The van der Waals surface area contributed by atoms with Crippen LogP contribution in [-0.4, -0.2) is 34.2 Å². The zero-order valence-corrected chi connectivity index (χ0v) is 13.0. The summed E-state index contributed by atoms with van der Waals surface area (Å²) in [5.74, 6) is 0. The van der Waals surface area contributed by atoms with E-state index in [0.717, 1.165) is 16.8 Å². The van der Waals surface area contributed by atoms with Crippen molar-refractivity contribution in [2.75, 3.05) is 7.11 Å². The number of methoxy groups -OCH3 is 1. The van der Waals surface area contributed by atoms with Crippen molar-refractivity contribution in [3.63, 3.8) is 0 Å². The lowest BCUT2D eigenvalue weighted by Crippen LogP contribution is -2.16. The highest BCUT2D eigenvalue weighted by atomic mass is 16.5. The van der Waals surface area contributed by atoms with Gasteiger partial charge in [0.1, 0.15) is 5.69 Å². The van der Waals surface area contributed by atoms with Gasteiger partial charge in [-0.1, -0.05) is 18.2 Å². The van der Waals surface area contributed by atoms with Crippen molar-refractivity contribution >= 4 is 12.3 Å². The molecule has 0 atom stereocenters. The van der Waals surface area contributed by atoms with Gasteiger partial charge in [0.15, 0.2) is 0 Å². The van der Waals surface area contributed by atoms with Crippen molar-refractivity contribution in [2.45, 2.75) is 0 Å². The quantitative estimate of drug-likeness (QED) is 0.591. The minimum absolute atomic E-state index is 0.635. The number of hydrogen-bond acceptors (Lipinski definition) is 5. The Balaban J connectivity index is 1.99. The van der Waals surface area contributed by atoms with E-state index in [9.17, 15) is 4.79 Å². The molecule has 24 heavy (non-hydrogen) atoms. The molecule has 3 rings (SSSR count). The molecule has 0 aliphatic heterocycles. The summed E-state index contributed by atoms with van der Waals surface area (Å²) in [6, 6.07) is 13.5. The number of aromatic nitrogens is 3. The first-order valence-corrected chi connectivity index (χ1v) is 7.20. The van der Waals surface area contributed by atoms with Crippen molar-refractivity contribution in [3.8, 4) is 16.9 Å². The molecule has 0 saturated heterocycles. The van der Waals surface area contributed by atoms with Crippen LogP contribution in [0.25, 0.3) is 16.9 Å². The van der Waals surface area contributed by atoms with Crippen LogP contribution in [0, 0.1) is 0 Å². The second-order valence-electron chi connectivity index (χ2n) is 4.82. The van der Waals surface area contributed by atoms with E-state index in [-0.39, 0.29) is 0 Å². The van der Waals surface area contributed by atoms with Crippen molar-refractivity contribution in [1.29, 1.82) is 0 Å². The Morgan fingerprint density at radius 1 is 1.25 bits per heavy atom. The van der Waals surface area contributed by atoms with Crippen LogP contribution in [0.3, 0.4) is 0 Å². The molecular weight excluding hydrogens is 306 g/mol. The molecule has 7 nitrogen and oxygen atoms in total. The SMILES string of the molecule is COC(=O)N/N=C/c1cn(-c2ccccc2)nc1-c1cccnc1. The molecule has 1 N–H and O–H groups in total. The van der Waals surface area contributed by atoms with Gasteiger partial charge in [-0.3, -0.25) is 4.98 Å². The normalized spacial score (nSPS) is 10.7. The number of carbonyl (C=O) groups excluding carboxylic acids is 1. The zero-order chi connectivity index (χ0) is 16.8. The topological polar surface area (TPSA) is 81.4 Å². The van der Waals surface area contributed by atoms with Gasteiger partial charge < -0.3 is 4.74 Å². The Morgan fingerprint density at radius 3 is 2.79 bits per heavy atom. The first kappa shape index (κ1) is 15.4. The predicted octanol–water partition coefficient (Wildman–Crippen LogP) is 2.62. The van der Waals surface area contributed by atoms with Gasteiger partial charge in [-0.05, 0) is 24.3 Å². The molecular formula is C17H15N5O2. The molecule has 0 spiro atoms. The number of amides is 1. The van der Waals surface area contributed by atoms with E-state index < -0.39 is 6.09 Å². The van der Waals surface area contributed by atoms with Crippen molar-refractivity contribution < 1.29 is 9.53 Å². The van der Waals surface area contributed by atoms with E-state index in [1.807, 2.05) is 48.7 Å². The number of nitrogens with one attached hydrogen (secondary N) is 1. The Labute approximate surface area is 138 Å². The molecule has 0 fully saturated rings. The van der Waals surface area contributed by atoms with Gasteiger partial charge >= 0.3 is 6.09 Å². The highest BCUT2D eigenvalue weighted by Crippen LogP contribution is 2.21. The van der Waals surface area contributed by atoms with Crippen molar-refractivity contribution in [1.82, 2.24) is 20.2 Å². The van der Waals surface area contributed by atoms with Crippen molar-refractivity contribution in [2.24, 2.45) is 5.10 Å². The fourth-order valence-corrected chi connectivity index (χ4v) is 2.12. The van der Waals surface area contributed by atoms with Crippen LogP contribution in [0.1, 0.15) is 5.56 Å². The van der Waals surface area contributed by atoms with Gasteiger partial charge in [-0.25, -0.2) is 14.9 Å². The summed E-state index contributed by atoms with van der Waals surface area (Å²) in [6.07, 6.45) is 6.14. The fourth-order valence-electron chi connectivity index (χ4n) is 2.12. The number of ether oxygens (including phenoxy) is 1. The lowest BCUT2D eigenvalue weighted by molar-refractivity contribution is 0.171. The third-order valence-electron chi connectivity index (χ3n) is 3.24. The Kier molecular flexibility index (Phi) is 4.62. The molecule has 7 heteroatoms. The lowest BCUT2D eigenvalue weighted by atomic mass is 10.1. The molecule has 0 aliphatic rings. The minimum atomic E-state index is -0.635. The number of nitrogens with zero attached hydrogens (tertiary/aromatic N) is 4. The Morgan fingerprint density at radius 2 is 2.08 bits per heavy atom. The Hall–Kier alpha value is -3.48. The number of para-hydroxylation sites is 1. The van der Waals surface area contributed by atoms with Gasteiger partial charge in [-0.2, -0.15) is 10.2 Å². The smallest absolute Gasteiger partial charge is 0.427 e. The molecule has 2 heterocycles. The maximum Gasteiger partial charge on any atom is 0.427 e. The summed E-state index contributed by atoms with van der Waals surface area (Å²) in [5, 5.41) is 8.49. The Bertz CT molecular complexity index is 844. The molecule has 2 aromatic heterocycles. The second-order valence-corrected chi connectivity index (χ2v) is 4.82. The highest BCUT2D eigenvalue weighted by molar-refractivity contribution is 5.89. The molecule has 1 aromatic carbocycles. The summed E-state index contributed by atoms with van der Waals surface area (Å²) in [4.78, 5) is 15.2. The third-order valence-corrected chi connectivity index (χ3v) is 3.24. The number of carbonyl (C=O) groups is 1. The van der Waals surface area contributed by atoms with Gasteiger partial charge in [0.2, 0.25) is 0 Å². The molecule has 1 amide bonds. The third kappa shape index (κ3) is 3.46. The average Bonchev–Trinajstić information content (AvgIpc) is 3.07. The fraction of sp³-hybridized carbons (Fsp3) is 0.0588. The molecule has 3 aromatic rings. The van der Waals surface area contributed by atoms with Gasteiger partial charge in [0.05, 0.1) is 19.0 Å². The van der Waals surface area contributed by atoms with E-state index in [1.54, 1.807) is 17.1 Å². The van der Waals surface area contributed by atoms with E-state index in [1.165, 1.54) is 13.3 Å². The standard InChI is InChI=1S/C17H15N5O2/c1-24-17(23)20-19-11-14-12-22(15-7-3-2-4-8-15)21-16(14)13-6-5-9-18-10-13/h2-12H,1H3,(H,20,23)/b19-11+. The number of hydrazone groups is 1. The molecule has 0 radical (unpaired) electrons. The summed E-state index contributed by atoms with van der Waals surface area (Å²) in [5.41, 5.74) is 5.49. The molecule has 0 saturated carbocycles. The highest BCUT2D eigenvalue weighted by Gasteiger charge is 2.11. The van der Waals surface area contributed by atoms with Gasteiger partial charge in [0, 0.05) is 29.7 Å². The maximum absolute atomic E-state index is 11.1. The van der Waals surface area contributed by atoms with E-state index in [4.69, 9.17) is 0 Å². The summed E-state index contributed by atoms with van der Waals surface area (Å²) >= 11 is 0. The maximum atomic E-state index is 11.1. The minimum Gasteiger partial charge on any atom is -0.452 e. The van der Waals surface area contributed by atoms with Crippen LogP contribution >= 0.6 is 0 Å². The van der Waals surface area contributed by atoms with Crippen LogP contribution in [0.2, 0.25) is 0 Å². The number of pyridine rings is 1. The molecule has 0 aliphatic carbocycles. The predicted molar refractivity (Wildman–Crippen MR) is 89.9 cm³/mol. The van der Waals surface area contributed by atoms with E-state index >= 15 is 0 Å². The molecule has 0 bridgehead atoms. The summed E-state index contributed by atoms with van der Waals surface area (Å²) in [6.45, 7) is 0. The molecule has 120 valence electrons. The monoisotopic (exact) mass is 321 g/mol. The lowest BCUT2D eigenvalue weighted by Gasteiger charge is -1.99. The number of rotatable bonds is 4. The summed E-state index contributed by atoms with van der Waals surface area (Å²) < 4.78 is 6.23. The van der Waals surface area contributed by atoms with Crippen LogP contribution in [0.5, 0.6) is 0 Å². The van der Waals surface area contributed by atoms with Crippen LogP contribution < -0.4 is 5.43 Å². The van der Waals surface area contributed by atoms with Crippen LogP contribution in [-0.2, 0) is 4.74 Å². The van der Waals surface area contributed by atoms with Gasteiger partial charge in [0.25, 0.3) is 0 Å². The van der Waals surface area contributed by atoms with E-state index in [0.29, 0.717) is 5.69 Å².